The van der Waals surface area contributed by atoms with Crippen LogP contribution in [0.2, 0.25) is 0 Å². The van der Waals surface area contributed by atoms with Crippen molar-refractivity contribution in [2.45, 2.75) is 65.6 Å². The van der Waals surface area contributed by atoms with Gasteiger partial charge in [-0.05, 0) is 35.5 Å². The van der Waals surface area contributed by atoms with Gasteiger partial charge in [-0.25, -0.2) is 0 Å². The standard InChI is InChI=1S/C14H27Br/c1-10-7-8-11(12(15)9-10)14(5,6)13(2,3)4/h10-12H,7-9H2,1-6H3. The van der Waals surface area contributed by atoms with Crippen LogP contribution in [0.15, 0.2) is 0 Å². The summed E-state index contributed by atoms with van der Waals surface area (Å²) in [4.78, 5) is 0.718. The monoisotopic (exact) mass is 274 g/mol. The molecule has 1 fully saturated rings. The van der Waals surface area contributed by atoms with Crippen molar-refractivity contribution in [3.63, 3.8) is 0 Å². The van der Waals surface area contributed by atoms with Crippen LogP contribution in [-0.4, -0.2) is 4.83 Å². The van der Waals surface area contributed by atoms with Gasteiger partial charge in [0.25, 0.3) is 0 Å². The second kappa shape index (κ2) is 4.39. The zero-order valence-corrected chi connectivity index (χ0v) is 12.8. The number of hydrogen-bond acceptors (Lipinski definition) is 0. The summed E-state index contributed by atoms with van der Waals surface area (Å²) in [6, 6.07) is 0. The van der Waals surface area contributed by atoms with Crippen molar-refractivity contribution in [2.75, 3.05) is 0 Å². The topological polar surface area (TPSA) is 0 Å². The van der Waals surface area contributed by atoms with Gasteiger partial charge in [0.2, 0.25) is 0 Å². The Morgan fingerprint density at radius 3 is 1.93 bits per heavy atom. The first-order valence-electron chi connectivity index (χ1n) is 6.30. The molecular weight excluding hydrogens is 248 g/mol. The van der Waals surface area contributed by atoms with E-state index in [1.165, 1.54) is 19.3 Å². The molecule has 1 heteroatoms. The molecule has 1 rings (SSSR count). The van der Waals surface area contributed by atoms with Gasteiger partial charge >= 0.3 is 0 Å². The highest BCUT2D eigenvalue weighted by molar-refractivity contribution is 9.09. The normalized spacial score (nSPS) is 34.2. The summed E-state index contributed by atoms with van der Waals surface area (Å²) < 4.78 is 0. The van der Waals surface area contributed by atoms with E-state index in [0.717, 1.165) is 16.7 Å². The molecule has 0 aromatic rings. The average molecular weight is 275 g/mol. The third-order valence-electron chi connectivity index (χ3n) is 4.89. The molecule has 0 heterocycles. The molecule has 0 amide bonds. The third-order valence-corrected chi connectivity index (χ3v) is 5.91. The van der Waals surface area contributed by atoms with Gasteiger partial charge < -0.3 is 0 Å². The van der Waals surface area contributed by atoms with Crippen molar-refractivity contribution in [3.05, 3.63) is 0 Å². The zero-order chi connectivity index (χ0) is 11.9. The number of halogens is 1. The van der Waals surface area contributed by atoms with Crippen LogP contribution in [0.25, 0.3) is 0 Å². The van der Waals surface area contributed by atoms with Crippen LogP contribution in [0, 0.1) is 22.7 Å². The Bertz CT molecular complexity index is 212. The minimum Gasteiger partial charge on any atom is -0.0887 e. The first-order chi connectivity index (χ1) is 6.66. The van der Waals surface area contributed by atoms with Crippen LogP contribution in [-0.2, 0) is 0 Å². The minimum absolute atomic E-state index is 0.393. The SMILES string of the molecule is CC1CCC(C(C)(C)C(C)(C)C)C(Br)C1. The molecule has 0 spiro atoms. The van der Waals surface area contributed by atoms with E-state index >= 15 is 0 Å². The van der Waals surface area contributed by atoms with Crippen molar-refractivity contribution >= 4 is 15.9 Å². The van der Waals surface area contributed by atoms with Crippen molar-refractivity contribution in [3.8, 4) is 0 Å². The molecule has 0 aromatic heterocycles. The van der Waals surface area contributed by atoms with Crippen LogP contribution < -0.4 is 0 Å². The molecule has 1 aliphatic carbocycles. The summed E-state index contributed by atoms with van der Waals surface area (Å²) in [5, 5.41) is 0. The molecule has 0 aliphatic heterocycles. The predicted molar refractivity (Wildman–Crippen MR) is 72.5 cm³/mol. The lowest BCUT2D eigenvalue weighted by atomic mass is 9.58. The maximum atomic E-state index is 3.92. The first-order valence-corrected chi connectivity index (χ1v) is 7.22. The van der Waals surface area contributed by atoms with E-state index in [-0.39, 0.29) is 0 Å². The van der Waals surface area contributed by atoms with Crippen LogP contribution in [0.4, 0.5) is 0 Å². The Kier molecular flexibility index (Phi) is 3.96. The third kappa shape index (κ3) is 2.78. The number of hydrogen-bond donors (Lipinski definition) is 0. The summed E-state index contributed by atoms with van der Waals surface area (Å²) in [7, 11) is 0. The fourth-order valence-electron chi connectivity index (χ4n) is 2.68. The zero-order valence-electron chi connectivity index (χ0n) is 11.2. The van der Waals surface area contributed by atoms with E-state index in [4.69, 9.17) is 0 Å². The van der Waals surface area contributed by atoms with E-state index in [1.807, 2.05) is 0 Å². The molecule has 0 radical (unpaired) electrons. The molecule has 0 nitrogen and oxygen atoms in total. The average Bonchev–Trinajstić information content (AvgIpc) is 2.00. The second-order valence-corrected chi connectivity index (χ2v) is 8.19. The molecule has 0 saturated heterocycles. The van der Waals surface area contributed by atoms with E-state index in [1.54, 1.807) is 0 Å². The Balaban J connectivity index is 2.79. The lowest BCUT2D eigenvalue weighted by Gasteiger charge is -2.49. The lowest BCUT2D eigenvalue weighted by molar-refractivity contribution is 0.0307. The van der Waals surface area contributed by atoms with Crippen LogP contribution in [0.1, 0.15) is 60.8 Å². The van der Waals surface area contributed by atoms with Gasteiger partial charge in [-0.15, -0.1) is 0 Å². The Labute approximate surface area is 104 Å². The molecule has 0 N–H and O–H groups in total. The second-order valence-electron chi connectivity index (χ2n) is 7.01. The summed E-state index contributed by atoms with van der Waals surface area (Å²) in [6.07, 6.45) is 4.15. The quantitative estimate of drug-likeness (QED) is 0.573. The smallest absolute Gasteiger partial charge is 0.0181 e. The van der Waals surface area contributed by atoms with Gasteiger partial charge in [0.1, 0.15) is 0 Å². The number of rotatable bonds is 1. The number of alkyl halides is 1. The van der Waals surface area contributed by atoms with Gasteiger partial charge in [0.05, 0.1) is 0 Å². The van der Waals surface area contributed by atoms with Crippen LogP contribution in [0.5, 0.6) is 0 Å². The maximum absolute atomic E-state index is 3.92. The van der Waals surface area contributed by atoms with Gasteiger partial charge in [-0.1, -0.05) is 63.9 Å². The van der Waals surface area contributed by atoms with E-state index in [9.17, 15) is 0 Å². The van der Waals surface area contributed by atoms with Gasteiger partial charge in [0, 0.05) is 4.83 Å². The highest BCUT2D eigenvalue weighted by atomic mass is 79.9. The van der Waals surface area contributed by atoms with Gasteiger partial charge in [-0.2, -0.15) is 0 Å². The molecule has 0 aromatic carbocycles. The predicted octanol–water partition coefficient (Wildman–Crippen LogP) is 5.26. The Morgan fingerprint density at radius 1 is 1.00 bits per heavy atom. The van der Waals surface area contributed by atoms with Gasteiger partial charge in [0.15, 0.2) is 0 Å². The minimum atomic E-state index is 0.393. The molecular formula is C14H27Br. The Morgan fingerprint density at radius 2 is 1.53 bits per heavy atom. The summed E-state index contributed by atoms with van der Waals surface area (Å²) in [6.45, 7) is 14.4. The largest absolute Gasteiger partial charge is 0.0887 e. The van der Waals surface area contributed by atoms with Crippen molar-refractivity contribution < 1.29 is 0 Å². The lowest BCUT2D eigenvalue weighted by Crippen LogP contribution is -2.43. The van der Waals surface area contributed by atoms with E-state index in [0.29, 0.717) is 10.8 Å². The van der Waals surface area contributed by atoms with Crippen molar-refractivity contribution in [1.82, 2.24) is 0 Å². The van der Waals surface area contributed by atoms with E-state index < -0.39 is 0 Å². The highest BCUT2D eigenvalue weighted by Crippen LogP contribution is 2.51. The molecule has 3 unspecified atom stereocenters. The molecule has 1 aliphatic rings. The molecule has 0 bridgehead atoms. The molecule has 90 valence electrons. The Hall–Kier alpha value is 0.480. The van der Waals surface area contributed by atoms with Gasteiger partial charge in [-0.3, -0.25) is 0 Å². The summed E-state index contributed by atoms with van der Waals surface area (Å²) in [5.41, 5.74) is 0.811. The molecule has 1 saturated carbocycles. The maximum Gasteiger partial charge on any atom is 0.0181 e. The highest BCUT2D eigenvalue weighted by Gasteiger charge is 2.44. The molecule has 3 atom stereocenters. The fraction of sp³-hybridized carbons (Fsp3) is 1.00. The van der Waals surface area contributed by atoms with E-state index in [2.05, 4.69) is 57.5 Å². The van der Waals surface area contributed by atoms with Crippen LogP contribution in [0.3, 0.4) is 0 Å². The first kappa shape index (κ1) is 13.5. The molecule has 15 heavy (non-hydrogen) atoms. The summed E-state index contributed by atoms with van der Waals surface area (Å²) in [5.74, 6) is 1.73. The van der Waals surface area contributed by atoms with Crippen molar-refractivity contribution in [1.29, 1.82) is 0 Å². The van der Waals surface area contributed by atoms with Crippen molar-refractivity contribution in [2.24, 2.45) is 22.7 Å². The fourth-order valence-corrected chi connectivity index (χ4v) is 4.24. The van der Waals surface area contributed by atoms with Crippen LogP contribution >= 0.6 is 15.9 Å². The summed E-state index contributed by atoms with van der Waals surface area (Å²) >= 11 is 3.92.